The van der Waals surface area contributed by atoms with Crippen molar-refractivity contribution in [2.24, 2.45) is 0 Å². The molecule has 0 N–H and O–H groups in total. The molecule has 49 heavy (non-hydrogen) atoms. The molecule has 1 aliphatic rings. The van der Waals surface area contributed by atoms with Crippen LogP contribution in [0.15, 0.2) is 152 Å². The number of fused-ring (bicyclic) bond motifs is 12. The Balaban J connectivity index is 1.23. The molecule has 9 aromatic rings. The van der Waals surface area contributed by atoms with Crippen LogP contribution in [0, 0.1) is 6.57 Å². The lowest BCUT2D eigenvalue weighted by molar-refractivity contribution is 1.64. The van der Waals surface area contributed by atoms with Gasteiger partial charge in [0.15, 0.2) is 5.69 Å². The average molecular weight is 638 g/mol. The van der Waals surface area contributed by atoms with Crippen molar-refractivity contribution >= 4 is 78.0 Å². The van der Waals surface area contributed by atoms with E-state index < -0.39 is 8.07 Å². The molecule has 0 aromatic heterocycles. The zero-order valence-corrected chi connectivity index (χ0v) is 28.4. The summed E-state index contributed by atoms with van der Waals surface area (Å²) in [6.07, 6.45) is 0. The standard InChI is InChI=1S/C47H31NSi/c1-48-32-13-10-12-30(25-32)33-23-24-34(37-16-7-6-15-36(33)37)31-20-21-40-42(26-31)38-17-8-9-18-39(38)44-28-46-45(27-43(40)44)41-22-19-29-11-4-5-14-35(29)47(41)49(46,2)3/h4-28H,2-3H3. The van der Waals surface area contributed by atoms with Gasteiger partial charge in [-0.05, 0) is 116 Å². The molecule has 0 spiro atoms. The predicted molar refractivity (Wildman–Crippen MR) is 213 cm³/mol. The summed E-state index contributed by atoms with van der Waals surface area (Å²) in [5.74, 6) is 0. The van der Waals surface area contributed by atoms with Crippen molar-refractivity contribution in [3.8, 4) is 33.4 Å². The van der Waals surface area contributed by atoms with Crippen LogP contribution in [0.4, 0.5) is 5.69 Å². The fourth-order valence-electron chi connectivity index (χ4n) is 8.76. The van der Waals surface area contributed by atoms with Crippen molar-refractivity contribution in [3.05, 3.63) is 163 Å². The quantitative estimate of drug-likeness (QED) is 0.101. The summed E-state index contributed by atoms with van der Waals surface area (Å²) in [4.78, 5) is 3.68. The van der Waals surface area contributed by atoms with Gasteiger partial charge in [-0.15, -0.1) is 0 Å². The van der Waals surface area contributed by atoms with Gasteiger partial charge < -0.3 is 0 Å². The van der Waals surface area contributed by atoms with E-state index in [0.29, 0.717) is 5.69 Å². The molecule has 0 saturated heterocycles. The molecule has 9 aromatic carbocycles. The molecule has 0 saturated carbocycles. The van der Waals surface area contributed by atoms with Gasteiger partial charge in [-0.25, -0.2) is 4.85 Å². The van der Waals surface area contributed by atoms with Crippen LogP contribution in [0.1, 0.15) is 0 Å². The molecule has 0 atom stereocenters. The van der Waals surface area contributed by atoms with Crippen LogP contribution in [0.25, 0.3) is 92.1 Å². The van der Waals surface area contributed by atoms with Crippen molar-refractivity contribution in [2.75, 3.05) is 0 Å². The minimum atomic E-state index is -1.95. The maximum Gasteiger partial charge on any atom is 0.187 e. The largest absolute Gasteiger partial charge is 0.238 e. The molecule has 10 rings (SSSR count). The first-order valence-electron chi connectivity index (χ1n) is 17.0. The third-order valence-electron chi connectivity index (χ3n) is 11.0. The van der Waals surface area contributed by atoms with Crippen molar-refractivity contribution in [1.29, 1.82) is 0 Å². The van der Waals surface area contributed by atoms with E-state index in [0.717, 1.165) is 11.1 Å². The highest BCUT2D eigenvalue weighted by Gasteiger charge is 2.39. The topological polar surface area (TPSA) is 4.36 Å². The zero-order chi connectivity index (χ0) is 32.9. The van der Waals surface area contributed by atoms with Crippen molar-refractivity contribution in [3.63, 3.8) is 0 Å². The lowest BCUT2D eigenvalue weighted by Gasteiger charge is -2.21. The molecule has 228 valence electrons. The van der Waals surface area contributed by atoms with Crippen LogP contribution in [-0.2, 0) is 0 Å². The van der Waals surface area contributed by atoms with E-state index >= 15 is 0 Å². The van der Waals surface area contributed by atoms with Crippen molar-refractivity contribution in [2.45, 2.75) is 13.1 Å². The van der Waals surface area contributed by atoms with Gasteiger partial charge in [0.2, 0.25) is 0 Å². The van der Waals surface area contributed by atoms with E-state index in [1.54, 1.807) is 10.4 Å². The average Bonchev–Trinajstić information content (AvgIpc) is 3.39. The molecule has 1 aliphatic heterocycles. The van der Waals surface area contributed by atoms with Gasteiger partial charge in [0.05, 0.1) is 6.57 Å². The molecule has 1 heterocycles. The Bertz CT molecular complexity index is 2920. The van der Waals surface area contributed by atoms with Crippen LogP contribution in [-0.4, -0.2) is 8.07 Å². The van der Waals surface area contributed by atoms with E-state index in [1.165, 1.54) is 76.1 Å². The SMILES string of the molecule is [C-]#[N+]c1cccc(-c2ccc(-c3ccc4c(c3)c3ccccc3c3cc5c(cc43)-c3ccc4ccccc4c3[Si]5(C)C)c3ccccc23)c1. The molecular formula is C47H31NSi. The molecule has 0 bridgehead atoms. The Morgan fingerprint density at radius 1 is 0.408 bits per heavy atom. The number of hydrogen-bond acceptors (Lipinski definition) is 0. The number of rotatable bonds is 2. The Kier molecular flexibility index (Phi) is 5.86. The van der Waals surface area contributed by atoms with E-state index in [9.17, 15) is 0 Å². The van der Waals surface area contributed by atoms with E-state index in [1.807, 2.05) is 18.2 Å². The smallest absolute Gasteiger partial charge is 0.187 e. The fourth-order valence-corrected chi connectivity index (χ4v) is 12.2. The predicted octanol–water partition coefficient (Wildman–Crippen LogP) is 12.1. The van der Waals surface area contributed by atoms with Gasteiger partial charge in [0, 0.05) is 0 Å². The molecule has 0 fully saturated rings. The normalized spacial score (nSPS) is 13.2. The fraction of sp³-hybridized carbons (Fsp3) is 0.0426. The summed E-state index contributed by atoms with van der Waals surface area (Å²) >= 11 is 0. The summed E-state index contributed by atoms with van der Waals surface area (Å²) in [5, 5.41) is 16.1. The molecular weight excluding hydrogens is 607 g/mol. The minimum Gasteiger partial charge on any atom is -0.238 e. The minimum absolute atomic E-state index is 0.660. The van der Waals surface area contributed by atoms with E-state index in [2.05, 4.69) is 151 Å². The Labute approximate surface area is 286 Å². The third kappa shape index (κ3) is 3.97. The number of benzene rings is 9. The second-order valence-corrected chi connectivity index (χ2v) is 18.2. The molecule has 0 unspecified atom stereocenters. The van der Waals surface area contributed by atoms with E-state index in [4.69, 9.17) is 6.57 Å². The van der Waals surface area contributed by atoms with Gasteiger partial charge in [-0.2, -0.15) is 0 Å². The van der Waals surface area contributed by atoms with Gasteiger partial charge >= 0.3 is 0 Å². The second kappa shape index (κ2) is 10.2. The van der Waals surface area contributed by atoms with Gasteiger partial charge in [-0.3, -0.25) is 0 Å². The van der Waals surface area contributed by atoms with Gasteiger partial charge in [-0.1, -0.05) is 147 Å². The molecule has 2 heteroatoms. The van der Waals surface area contributed by atoms with Crippen LogP contribution in [0.5, 0.6) is 0 Å². The van der Waals surface area contributed by atoms with Crippen LogP contribution in [0.3, 0.4) is 0 Å². The van der Waals surface area contributed by atoms with Crippen LogP contribution in [0.2, 0.25) is 13.1 Å². The highest BCUT2D eigenvalue weighted by atomic mass is 28.3. The van der Waals surface area contributed by atoms with Crippen LogP contribution < -0.4 is 10.4 Å². The first-order valence-corrected chi connectivity index (χ1v) is 20.0. The van der Waals surface area contributed by atoms with Crippen LogP contribution >= 0.6 is 0 Å². The number of hydrogen-bond donors (Lipinski definition) is 0. The first kappa shape index (κ1) is 28.0. The lowest BCUT2D eigenvalue weighted by Crippen LogP contribution is -2.49. The molecule has 1 nitrogen and oxygen atoms in total. The summed E-state index contributed by atoms with van der Waals surface area (Å²) in [6, 6.07) is 55.8. The van der Waals surface area contributed by atoms with E-state index in [-0.39, 0.29) is 0 Å². The Hall–Kier alpha value is -6.01. The zero-order valence-electron chi connectivity index (χ0n) is 27.4. The lowest BCUT2D eigenvalue weighted by atomic mass is 9.88. The Morgan fingerprint density at radius 2 is 0.980 bits per heavy atom. The third-order valence-corrected chi connectivity index (χ3v) is 14.6. The van der Waals surface area contributed by atoms with Gasteiger partial charge in [0.25, 0.3) is 0 Å². The molecule has 0 amide bonds. The maximum absolute atomic E-state index is 7.53. The van der Waals surface area contributed by atoms with Crippen molar-refractivity contribution in [1.82, 2.24) is 0 Å². The highest BCUT2D eigenvalue weighted by Crippen LogP contribution is 2.43. The maximum atomic E-state index is 7.53. The molecule has 0 aliphatic carbocycles. The summed E-state index contributed by atoms with van der Waals surface area (Å²) in [5.41, 5.74) is 8.13. The monoisotopic (exact) mass is 637 g/mol. The summed E-state index contributed by atoms with van der Waals surface area (Å²) in [6.45, 7) is 12.6. The summed E-state index contributed by atoms with van der Waals surface area (Å²) < 4.78 is 0. The Morgan fingerprint density at radius 3 is 1.69 bits per heavy atom. The molecule has 0 radical (unpaired) electrons. The van der Waals surface area contributed by atoms with Crippen molar-refractivity contribution < 1.29 is 0 Å². The summed E-state index contributed by atoms with van der Waals surface area (Å²) in [7, 11) is -1.95. The second-order valence-electron chi connectivity index (χ2n) is 14.0. The number of nitrogens with zero attached hydrogens (tertiary/aromatic N) is 1. The highest BCUT2D eigenvalue weighted by molar-refractivity contribution is 7.05. The van der Waals surface area contributed by atoms with Gasteiger partial charge in [0.1, 0.15) is 8.07 Å². The first-order chi connectivity index (χ1) is 24.0.